The van der Waals surface area contributed by atoms with Gasteiger partial charge in [-0.1, -0.05) is 24.3 Å². The summed E-state index contributed by atoms with van der Waals surface area (Å²) in [4.78, 5) is 26.3. The Morgan fingerprint density at radius 3 is 2.42 bits per heavy atom. The molecule has 3 aromatic carbocycles. The maximum absolute atomic E-state index is 15.3. The predicted octanol–water partition coefficient (Wildman–Crippen LogP) is 5.28. The van der Waals surface area contributed by atoms with Gasteiger partial charge in [-0.3, -0.25) is 28.5 Å². The molecule has 11 nitrogen and oxygen atoms in total. The number of aromatic nitrogens is 5. The summed E-state index contributed by atoms with van der Waals surface area (Å²) >= 11 is 0. The molecule has 45 heavy (non-hydrogen) atoms. The van der Waals surface area contributed by atoms with E-state index in [9.17, 15) is 18.0 Å². The van der Waals surface area contributed by atoms with Gasteiger partial charge in [0, 0.05) is 47.6 Å². The summed E-state index contributed by atoms with van der Waals surface area (Å²) in [6, 6.07) is 20.5. The number of hydrogen-bond donors (Lipinski definition) is 2. The number of fused-ring (bicyclic) bond motifs is 1. The van der Waals surface area contributed by atoms with E-state index in [1.165, 1.54) is 22.8 Å². The minimum atomic E-state index is -3.67. The van der Waals surface area contributed by atoms with Crippen LogP contribution >= 0.6 is 0 Å². The first-order valence-corrected chi connectivity index (χ1v) is 15.4. The fraction of sp³-hybridized carbons (Fsp3) is 0.125. The number of nitrogens with zero attached hydrogens (tertiary/aromatic N) is 4. The smallest absolute Gasteiger partial charge is 0.266 e. The number of aromatic amines is 1. The van der Waals surface area contributed by atoms with E-state index < -0.39 is 27.3 Å². The predicted molar refractivity (Wildman–Crippen MR) is 167 cm³/mol. The van der Waals surface area contributed by atoms with E-state index in [1.807, 2.05) is 31.3 Å². The number of carbonyl (C=O) groups excluding carboxylic acids is 1. The molecule has 0 unspecified atom stereocenters. The molecule has 0 amide bonds. The number of halogens is 1. The van der Waals surface area contributed by atoms with Gasteiger partial charge in [0.1, 0.15) is 5.75 Å². The first-order valence-electron chi connectivity index (χ1n) is 13.5. The summed E-state index contributed by atoms with van der Waals surface area (Å²) < 4.78 is 50.4. The number of ketones is 1. The van der Waals surface area contributed by atoms with Crippen LogP contribution in [0.5, 0.6) is 11.5 Å². The third kappa shape index (κ3) is 7.22. The third-order valence-corrected chi connectivity index (χ3v) is 6.83. The molecule has 0 fully saturated rings. The summed E-state index contributed by atoms with van der Waals surface area (Å²) in [6.07, 6.45) is 5.68. The van der Waals surface area contributed by atoms with Gasteiger partial charge in [0.05, 0.1) is 29.7 Å². The van der Waals surface area contributed by atoms with Crippen molar-refractivity contribution in [2.24, 2.45) is 7.05 Å². The van der Waals surface area contributed by atoms with E-state index in [-0.39, 0.29) is 17.7 Å². The number of benzene rings is 3. The molecule has 3 aromatic heterocycles. The molecule has 230 valence electrons. The summed E-state index contributed by atoms with van der Waals surface area (Å²) in [5, 5.41) is 11.9. The fourth-order valence-corrected chi connectivity index (χ4v) is 4.76. The molecule has 6 rings (SSSR count). The van der Waals surface area contributed by atoms with Crippen molar-refractivity contribution in [2.75, 3.05) is 6.26 Å². The number of carbonyl (C=O) groups is 1. The van der Waals surface area contributed by atoms with Crippen molar-refractivity contribution in [3.63, 3.8) is 0 Å². The Kier molecular flexibility index (Phi) is 8.75. The Bertz CT molecular complexity index is 2170. The maximum Gasteiger partial charge on any atom is 0.266 e. The van der Waals surface area contributed by atoms with E-state index in [0.717, 1.165) is 22.0 Å². The number of nitrogens with one attached hydrogen (secondary N) is 1. The van der Waals surface area contributed by atoms with Crippen molar-refractivity contribution >= 4 is 26.8 Å². The first kappa shape index (κ1) is 31.0. The highest BCUT2D eigenvalue weighted by atomic mass is 32.2. The van der Waals surface area contributed by atoms with Crippen LogP contribution in [0.1, 0.15) is 21.6 Å². The molecule has 0 radical (unpaired) electrons. The van der Waals surface area contributed by atoms with E-state index >= 15 is 4.39 Å². The summed E-state index contributed by atoms with van der Waals surface area (Å²) in [6.45, 7) is 1.81. The lowest BCUT2D eigenvalue weighted by Crippen LogP contribution is -2.27. The van der Waals surface area contributed by atoms with Crippen LogP contribution in [-0.2, 0) is 23.6 Å². The molecule has 0 saturated carbocycles. The normalized spacial score (nSPS) is 11.2. The van der Waals surface area contributed by atoms with Gasteiger partial charge >= 0.3 is 0 Å². The molecule has 13 heteroatoms. The van der Waals surface area contributed by atoms with Crippen molar-refractivity contribution < 1.29 is 26.9 Å². The highest BCUT2D eigenvalue weighted by Crippen LogP contribution is 2.37. The number of pyridine rings is 1. The zero-order chi connectivity index (χ0) is 32.3. The molecule has 0 aliphatic carbocycles. The molecule has 2 N–H and O–H groups in total. The van der Waals surface area contributed by atoms with Gasteiger partial charge in [-0.2, -0.15) is 18.6 Å². The SMILES string of the molecule is CS(=O)(=O)O.Cc1ccc(C(=O)Cc2ccc(Oc3cc4cnn(C)c4cc3-c3cn[nH]c3)c(F)c2)c(=O)n1-c1ccccc1. The number of Topliss-reactive ketones (excluding diaryl/α,β-unsaturated/α-hetero) is 1. The van der Waals surface area contributed by atoms with Crippen molar-refractivity contribution in [3.8, 4) is 28.3 Å². The van der Waals surface area contributed by atoms with Crippen molar-refractivity contribution in [1.29, 1.82) is 0 Å². The van der Waals surface area contributed by atoms with Crippen LogP contribution in [0.2, 0.25) is 0 Å². The molecular formula is C32H28FN5O6S. The molecular weight excluding hydrogens is 601 g/mol. The Hall–Kier alpha value is -5.40. The van der Waals surface area contributed by atoms with E-state index in [1.54, 1.807) is 60.5 Å². The van der Waals surface area contributed by atoms with Gasteiger partial charge in [0.25, 0.3) is 15.7 Å². The quantitative estimate of drug-likeness (QED) is 0.179. The Morgan fingerprint density at radius 1 is 1.02 bits per heavy atom. The van der Waals surface area contributed by atoms with Crippen LogP contribution in [0.15, 0.2) is 96.2 Å². The average molecular weight is 630 g/mol. The highest BCUT2D eigenvalue weighted by Gasteiger charge is 2.18. The standard InChI is InChI=1S/C31H24FN5O3.CH4O3S/c1-19-8-10-24(31(39)37(19)23-6-4-3-5-7-23)28(38)13-20-9-11-29(26(32)12-20)40-30-14-21-18-35-36(2)27(21)15-25(30)22-16-33-34-17-22;1-5(2,3)4/h3-12,14-18H,13H2,1-2H3,(H,33,34);1H3,(H,2,3,4). The summed E-state index contributed by atoms with van der Waals surface area (Å²) in [5.74, 6) is -0.580. The monoisotopic (exact) mass is 629 g/mol. The van der Waals surface area contributed by atoms with Crippen LogP contribution in [-0.4, -0.2) is 49.6 Å². The average Bonchev–Trinajstić information content (AvgIpc) is 3.64. The fourth-order valence-electron chi connectivity index (χ4n) is 4.76. The van der Waals surface area contributed by atoms with E-state index in [4.69, 9.17) is 9.29 Å². The van der Waals surface area contributed by atoms with E-state index in [2.05, 4.69) is 15.3 Å². The zero-order valence-electron chi connectivity index (χ0n) is 24.4. The van der Waals surface area contributed by atoms with Gasteiger partial charge in [-0.05, 0) is 61.0 Å². The van der Waals surface area contributed by atoms with Crippen LogP contribution in [0.25, 0.3) is 27.7 Å². The molecule has 0 bridgehead atoms. The number of H-pyrrole nitrogens is 1. The second kappa shape index (κ2) is 12.7. The lowest BCUT2D eigenvalue weighted by Gasteiger charge is -2.13. The summed E-state index contributed by atoms with van der Waals surface area (Å²) in [7, 11) is -1.82. The van der Waals surface area contributed by atoms with Crippen LogP contribution in [0, 0.1) is 12.7 Å². The largest absolute Gasteiger partial charge is 0.454 e. The Labute approximate surface area is 257 Å². The lowest BCUT2D eigenvalue weighted by atomic mass is 10.0. The zero-order valence-corrected chi connectivity index (χ0v) is 25.2. The van der Waals surface area contributed by atoms with E-state index in [0.29, 0.717) is 29.0 Å². The summed E-state index contributed by atoms with van der Waals surface area (Å²) in [5.41, 5.74) is 3.83. The Balaban J connectivity index is 0.000000743. The molecule has 0 saturated heterocycles. The van der Waals surface area contributed by atoms with Crippen molar-refractivity contribution in [1.82, 2.24) is 24.5 Å². The maximum atomic E-state index is 15.3. The minimum absolute atomic E-state index is 0.00551. The first-order chi connectivity index (χ1) is 21.4. The van der Waals surface area contributed by atoms with Gasteiger partial charge in [-0.25, -0.2) is 4.39 Å². The molecule has 0 atom stereocenters. The third-order valence-electron chi connectivity index (χ3n) is 6.83. The number of ether oxygens (including phenoxy) is 1. The molecule has 0 aliphatic heterocycles. The van der Waals surface area contributed by atoms with Crippen LogP contribution in [0.4, 0.5) is 4.39 Å². The van der Waals surface area contributed by atoms with Crippen molar-refractivity contribution in [3.05, 3.63) is 124 Å². The van der Waals surface area contributed by atoms with Crippen LogP contribution in [0.3, 0.4) is 0 Å². The highest BCUT2D eigenvalue weighted by molar-refractivity contribution is 7.85. The van der Waals surface area contributed by atoms with Gasteiger partial charge < -0.3 is 4.74 Å². The van der Waals surface area contributed by atoms with Crippen LogP contribution < -0.4 is 10.3 Å². The lowest BCUT2D eigenvalue weighted by molar-refractivity contribution is 0.0991. The molecule has 0 aliphatic rings. The second-order valence-corrected chi connectivity index (χ2v) is 11.7. The number of rotatable bonds is 7. The minimum Gasteiger partial charge on any atom is -0.454 e. The number of para-hydroxylation sites is 1. The number of hydrogen-bond acceptors (Lipinski definition) is 7. The Morgan fingerprint density at radius 2 is 1.76 bits per heavy atom. The number of aryl methyl sites for hydroxylation is 2. The molecule has 6 aromatic rings. The van der Waals surface area contributed by atoms with Gasteiger partial charge in [0.2, 0.25) is 0 Å². The molecule has 3 heterocycles. The van der Waals surface area contributed by atoms with Crippen molar-refractivity contribution in [2.45, 2.75) is 13.3 Å². The van der Waals surface area contributed by atoms with Gasteiger partial charge in [-0.15, -0.1) is 0 Å². The van der Waals surface area contributed by atoms with Gasteiger partial charge in [0.15, 0.2) is 17.3 Å². The second-order valence-electron chi connectivity index (χ2n) is 10.2. The topological polar surface area (TPSA) is 149 Å². The molecule has 0 spiro atoms.